The molecule has 0 amide bonds. The van der Waals surface area contributed by atoms with Crippen LogP contribution in [0.15, 0.2) is 28.8 Å². The molecule has 0 saturated heterocycles. The van der Waals surface area contributed by atoms with Gasteiger partial charge in [-0.15, -0.1) is 0 Å². The van der Waals surface area contributed by atoms with E-state index in [9.17, 15) is 0 Å². The van der Waals surface area contributed by atoms with E-state index >= 15 is 0 Å². The number of methoxy groups -OCH3 is 1. The highest BCUT2D eigenvalue weighted by Gasteiger charge is 2.11. The second kappa shape index (κ2) is 5.64. The van der Waals surface area contributed by atoms with Crippen LogP contribution >= 0.6 is 0 Å². The number of rotatable bonds is 5. The van der Waals surface area contributed by atoms with Crippen molar-refractivity contribution in [3.8, 4) is 17.1 Å². The SMILES string of the molecule is CNC(C)Cc1nc(-c2cccc(OC)c2)no1. The Kier molecular flexibility index (Phi) is 3.94. The third-order valence-electron chi connectivity index (χ3n) is 2.77. The highest BCUT2D eigenvalue weighted by Crippen LogP contribution is 2.21. The third kappa shape index (κ3) is 2.87. The van der Waals surface area contributed by atoms with Crippen molar-refractivity contribution < 1.29 is 9.26 Å². The predicted octanol–water partition coefficient (Wildman–Crippen LogP) is 1.90. The summed E-state index contributed by atoms with van der Waals surface area (Å²) in [5.74, 6) is 2.00. The van der Waals surface area contributed by atoms with Crippen molar-refractivity contribution in [1.29, 1.82) is 0 Å². The number of ether oxygens (including phenoxy) is 1. The Morgan fingerprint density at radius 2 is 2.28 bits per heavy atom. The van der Waals surface area contributed by atoms with E-state index in [-0.39, 0.29) is 0 Å². The molecule has 0 radical (unpaired) electrons. The van der Waals surface area contributed by atoms with Crippen molar-refractivity contribution in [3.05, 3.63) is 30.2 Å². The maximum atomic E-state index is 5.22. The van der Waals surface area contributed by atoms with Crippen molar-refractivity contribution in [2.45, 2.75) is 19.4 Å². The van der Waals surface area contributed by atoms with E-state index in [1.165, 1.54) is 0 Å². The van der Waals surface area contributed by atoms with Gasteiger partial charge in [0.25, 0.3) is 0 Å². The molecule has 0 aliphatic heterocycles. The van der Waals surface area contributed by atoms with Gasteiger partial charge >= 0.3 is 0 Å². The molecule has 0 aliphatic carbocycles. The molecule has 0 bridgehead atoms. The Balaban J connectivity index is 2.18. The van der Waals surface area contributed by atoms with Gasteiger partial charge in [0.1, 0.15) is 5.75 Å². The molecule has 0 saturated carbocycles. The summed E-state index contributed by atoms with van der Waals surface area (Å²) in [4.78, 5) is 4.37. The summed E-state index contributed by atoms with van der Waals surface area (Å²) in [7, 11) is 3.54. The quantitative estimate of drug-likeness (QED) is 0.874. The first kappa shape index (κ1) is 12.6. The minimum atomic E-state index is 0.309. The molecule has 96 valence electrons. The van der Waals surface area contributed by atoms with Gasteiger partial charge in [0.15, 0.2) is 0 Å². The van der Waals surface area contributed by atoms with Crippen LogP contribution in [0.5, 0.6) is 5.75 Å². The zero-order valence-electron chi connectivity index (χ0n) is 10.8. The minimum absolute atomic E-state index is 0.309. The molecule has 0 spiro atoms. The fourth-order valence-electron chi connectivity index (χ4n) is 1.58. The summed E-state index contributed by atoms with van der Waals surface area (Å²) >= 11 is 0. The van der Waals surface area contributed by atoms with Crippen molar-refractivity contribution in [1.82, 2.24) is 15.5 Å². The highest BCUT2D eigenvalue weighted by molar-refractivity contribution is 5.56. The maximum absolute atomic E-state index is 5.22. The first-order valence-corrected chi connectivity index (χ1v) is 5.87. The molecule has 1 aromatic carbocycles. The number of hydrogen-bond donors (Lipinski definition) is 1. The normalized spacial score (nSPS) is 12.4. The molecule has 2 rings (SSSR count). The molecular formula is C13H17N3O2. The summed E-state index contributed by atoms with van der Waals surface area (Å²) in [5.41, 5.74) is 0.890. The average molecular weight is 247 g/mol. The van der Waals surface area contributed by atoms with Crippen LogP contribution in [0.3, 0.4) is 0 Å². The van der Waals surface area contributed by atoms with Crippen LogP contribution in [0, 0.1) is 0 Å². The fourth-order valence-corrected chi connectivity index (χ4v) is 1.58. The van der Waals surface area contributed by atoms with Crippen LogP contribution in [0.2, 0.25) is 0 Å². The van der Waals surface area contributed by atoms with E-state index in [1.54, 1.807) is 7.11 Å². The van der Waals surface area contributed by atoms with Crippen LogP contribution in [0.25, 0.3) is 11.4 Å². The molecule has 0 aliphatic rings. The summed E-state index contributed by atoms with van der Waals surface area (Å²) in [6, 6.07) is 7.91. The van der Waals surface area contributed by atoms with Gasteiger partial charge in [-0.2, -0.15) is 4.98 Å². The van der Waals surface area contributed by atoms with Crippen molar-refractivity contribution in [2.24, 2.45) is 0 Å². The Labute approximate surface area is 106 Å². The Morgan fingerprint density at radius 3 is 3.00 bits per heavy atom. The fraction of sp³-hybridized carbons (Fsp3) is 0.385. The van der Waals surface area contributed by atoms with E-state index in [0.29, 0.717) is 24.2 Å². The summed E-state index contributed by atoms with van der Waals surface area (Å²) < 4.78 is 10.4. The molecular weight excluding hydrogens is 230 g/mol. The number of nitrogens with zero attached hydrogens (tertiary/aromatic N) is 2. The van der Waals surface area contributed by atoms with Crippen molar-refractivity contribution in [3.63, 3.8) is 0 Å². The van der Waals surface area contributed by atoms with Gasteiger partial charge in [-0.1, -0.05) is 17.3 Å². The van der Waals surface area contributed by atoms with Gasteiger partial charge in [0.2, 0.25) is 11.7 Å². The van der Waals surface area contributed by atoms with E-state index < -0.39 is 0 Å². The topological polar surface area (TPSA) is 60.2 Å². The van der Waals surface area contributed by atoms with E-state index in [2.05, 4.69) is 22.4 Å². The largest absolute Gasteiger partial charge is 0.497 e. The standard InChI is InChI=1S/C13H17N3O2/c1-9(14-2)7-12-15-13(16-18-12)10-5-4-6-11(8-10)17-3/h4-6,8-9,14H,7H2,1-3H3. The summed E-state index contributed by atoms with van der Waals surface area (Å²) in [6.07, 6.45) is 0.716. The molecule has 1 atom stereocenters. The zero-order valence-corrected chi connectivity index (χ0v) is 10.8. The molecule has 1 N–H and O–H groups in total. The first-order chi connectivity index (χ1) is 8.72. The van der Waals surface area contributed by atoms with Gasteiger partial charge in [0.05, 0.1) is 7.11 Å². The second-order valence-corrected chi connectivity index (χ2v) is 4.14. The molecule has 5 nitrogen and oxygen atoms in total. The van der Waals surface area contributed by atoms with Crippen LogP contribution in [-0.2, 0) is 6.42 Å². The lowest BCUT2D eigenvalue weighted by atomic mass is 10.2. The Hall–Kier alpha value is -1.88. The van der Waals surface area contributed by atoms with E-state index in [0.717, 1.165) is 11.3 Å². The van der Waals surface area contributed by atoms with Crippen LogP contribution < -0.4 is 10.1 Å². The number of hydrogen-bond acceptors (Lipinski definition) is 5. The monoisotopic (exact) mass is 247 g/mol. The first-order valence-electron chi connectivity index (χ1n) is 5.87. The summed E-state index contributed by atoms with van der Waals surface area (Å²) in [6.45, 7) is 2.06. The second-order valence-electron chi connectivity index (χ2n) is 4.14. The number of likely N-dealkylation sites (N-methyl/N-ethyl adjacent to an activating group) is 1. The molecule has 1 unspecified atom stereocenters. The summed E-state index contributed by atoms with van der Waals surface area (Å²) in [5, 5.41) is 7.11. The zero-order chi connectivity index (χ0) is 13.0. The number of nitrogens with one attached hydrogen (secondary N) is 1. The van der Waals surface area contributed by atoms with Crippen molar-refractivity contribution in [2.75, 3.05) is 14.2 Å². The third-order valence-corrected chi connectivity index (χ3v) is 2.77. The van der Waals surface area contributed by atoms with Gasteiger partial charge in [-0.25, -0.2) is 0 Å². The molecule has 0 fully saturated rings. The number of aromatic nitrogens is 2. The van der Waals surface area contributed by atoms with Crippen molar-refractivity contribution >= 4 is 0 Å². The van der Waals surface area contributed by atoms with Crippen LogP contribution in [-0.4, -0.2) is 30.3 Å². The van der Waals surface area contributed by atoms with Gasteiger partial charge < -0.3 is 14.6 Å². The lowest BCUT2D eigenvalue weighted by molar-refractivity contribution is 0.365. The van der Waals surface area contributed by atoms with Gasteiger partial charge in [-0.05, 0) is 26.1 Å². The average Bonchev–Trinajstić information content (AvgIpc) is 2.87. The van der Waals surface area contributed by atoms with E-state index in [1.807, 2.05) is 31.3 Å². The Morgan fingerprint density at radius 1 is 1.44 bits per heavy atom. The van der Waals surface area contributed by atoms with Gasteiger partial charge in [0, 0.05) is 18.0 Å². The lowest BCUT2D eigenvalue weighted by Crippen LogP contribution is -2.23. The minimum Gasteiger partial charge on any atom is -0.497 e. The smallest absolute Gasteiger partial charge is 0.228 e. The molecule has 18 heavy (non-hydrogen) atoms. The lowest BCUT2D eigenvalue weighted by Gasteiger charge is -2.04. The van der Waals surface area contributed by atoms with Crippen LogP contribution in [0.4, 0.5) is 0 Å². The maximum Gasteiger partial charge on any atom is 0.228 e. The highest BCUT2D eigenvalue weighted by atomic mass is 16.5. The molecule has 1 aromatic heterocycles. The molecule has 5 heteroatoms. The van der Waals surface area contributed by atoms with Gasteiger partial charge in [-0.3, -0.25) is 0 Å². The predicted molar refractivity (Wildman–Crippen MR) is 68.5 cm³/mol. The Bertz CT molecular complexity index is 510. The van der Waals surface area contributed by atoms with Crippen LogP contribution in [0.1, 0.15) is 12.8 Å². The number of benzene rings is 1. The molecule has 2 aromatic rings. The van der Waals surface area contributed by atoms with E-state index in [4.69, 9.17) is 9.26 Å². The molecule has 1 heterocycles.